The molecule has 1 aliphatic rings. The number of ether oxygens (including phenoxy) is 1. The molecule has 3 rings (SSSR count). The number of nitrogens with one attached hydrogen (secondary N) is 2. The molecule has 5 nitrogen and oxygen atoms in total. The fourth-order valence-corrected chi connectivity index (χ4v) is 2.90. The fraction of sp³-hybridized carbons (Fsp3) is 0.316. The highest BCUT2D eigenvalue weighted by molar-refractivity contribution is 5.78. The van der Waals surface area contributed by atoms with Crippen molar-refractivity contribution in [3.63, 3.8) is 0 Å². The van der Waals surface area contributed by atoms with Crippen molar-refractivity contribution < 1.29 is 19.0 Å². The Labute approximate surface area is 145 Å². The van der Waals surface area contributed by atoms with E-state index in [1.165, 1.54) is 12.1 Å². The van der Waals surface area contributed by atoms with Crippen LogP contribution in [0.3, 0.4) is 0 Å². The normalized spacial score (nSPS) is 19.7. The quantitative estimate of drug-likeness (QED) is 0.720. The number of aliphatic carboxylic acids is 1. The fourth-order valence-electron chi connectivity index (χ4n) is 2.90. The molecule has 3 N–H and O–H groups in total. The van der Waals surface area contributed by atoms with Crippen LogP contribution in [0.15, 0.2) is 48.5 Å². The van der Waals surface area contributed by atoms with Crippen molar-refractivity contribution in [1.29, 1.82) is 0 Å². The van der Waals surface area contributed by atoms with Gasteiger partial charge in [-0.15, -0.1) is 0 Å². The summed E-state index contributed by atoms with van der Waals surface area (Å²) in [7, 11) is 0. The lowest BCUT2D eigenvalue weighted by Crippen LogP contribution is -2.58. The van der Waals surface area contributed by atoms with E-state index < -0.39 is 11.6 Å². The van der Waals surface area contributed by atoms with E-state index in [-0.39, 0.29) is 5.82 Å². The average molecular weight is 344 g/mol. The van der Waals surface area contributed by atoms with E-state index in [9.17, 15) is 14.3 Å². The van der Waals surface area contributed by atoms with Gasteiger partial charge in [-0.05, 0) is 54.8 Å². The molecule has 1 atom stereocenters. The van der Waals surface area contributed by atoms with Crippen LogP contribution in [0.5, 0.6) is 5.75 Å². The largest absolute Gasteiger partial charge is 0.489 e. The summed E-state index contributed by atoms with van der Waals surface area (Å²) in [6, 6.07) is 13.7. The summed E-state index contributed by atoms with van der Waals surface area (Å²) in [4.78, 5) is 11.5. The maximum absolute atomic E-state index is 13.1. The first-order valence-corrected chi connectivity index (χ1v) is 8.27. The molecule has 2 aromatic rings. The van der Waals surface area contributed by atoms with Gasteiger partial charge in [-0.3, -0.25) is 10.6 Å². The van der Waals surface area contributed by atoms with E-state index in [1.54, 1.807) is 12.1 Å². The third-order valence-electron chi connectivity index (χ3n) is 4.33. The van der Waals surface area contributed by atoms with Crippen molar-refractivity contribution in [3.05, 3.63) is 65.5 Å². The third-order valence-corrected chi connectivity index (χ3v) is 4.33. The van der Waals surface area contributed by atoms with Crippen molar-refractivity contribution >= 4 is 5.97 Å². The number of carboxylic acid groups (broad SMARTS) is 1. The van der Waals surface area contributed by atoms with Crippen LogP contribution in [0.25, 0.3) is 0 Å². The molecule has 0 spiro atoms. The van der Waals surface area contributed by atoms with Crippen LogP contribution < -0.4 is 15.4 Å². The van der Waals surface area contributed by atoms with Gasteiger partial charge >= 0.3 is 5.97 Å². The zero-order valence-electron chi connectivity index (χ0n) is 13.8. The van der Waals surface area contributed by atoms with Gasteiger partial charge in [0.15, 0.2) is 5.66 Å². The molecule has 0 amide bonds. The predicted molar refractivity (Wildman–Crippen MR) is 91.6 cm³/mol. The van der Waals surface area contributed by atoms with E-state index in [0.717, 1.165) is 17.5 Å². The van der Waals surface area contributed by atoms with E-state index in [2.05, 4.69) is 10.6 Å². The molecule has 0 bridgehead atoms. The number of hydrogen-bond acceptors (Lipinski definition) is 4. The Balaban J connectivity index is 1.54. The number of hydrogen-bond donors (Lipinski definition) is 3. The van der Waals surface area contributed by atoms with Crippen molar-refractivity contribution in [1.82, 2.24) is 10.6 Å². The van der Waals surface area contributed by atoms with Gasteiger partial charge in [0.2, 0.25) is 0 Å². The summed E-state index contributed by atoms with van der Waals surface area (Å²) in [5.74, 6) is -0.476. The smallest absolute Gasteiger partial charge is 0.338 e. The molecule has 0 aromatic heterocycles. The molecule has 132 valence electrons. The second-order valence-corrected chi connectivity index (χ2v) is 6.16. The molecular formula is C19H21FN2O3. The first kappa shape index (κ1) is 17.4. The molecule has 1 heterocycles. The first-order chi connectivity index (χ1) is 12.1. The summed E-state index contributed by atoms with van der Waals surface area (Å²) in [6.07, 6.45) is 1.41. The Bertz CT molecular complexity index is 728. The van der Waals surface area contributed by atoms with Gasteiger partial charge in [0.1, 0.15) is 18.2 Å². The van der Waals surface area contributed by atoms with Gasteiger partial charge in [-0.1, -0.05) is 24.3 Å². The topological polar surface area (TPSA) is 70.6 Å². The molecule has 1 aliphatic heterocycles. The van der Waals surface area contributed by atoms with Crippen LogP contribution in [0.2, 0.25) is 0 Å². The Morgan fingerprint density at radius 2 is 2.04 bits per heavy atom. The molecule has 0 unspecified atom stereocenters. The van der Waals surface area contributed by atoms with Crippen molar-refractivity contribution in [2.75, 3.05) is 6.54 Å². The van der Waals surface area contributed by atoms with Crippen LogP contribution >= 0.6 is 0 Å². The third kappa shape index (κ3) is 4.35. The minimum Gasteiger partial charge on any atom is -0.489 e. The van der Waals surface area contributed by atoms with Crippen LogP contribution in [0, 0.1) is 5.82 Å². The number of carboxylic acids is 1. The van der Waals surface area contributed by atoms with Crippen molar-refractivity contribution in [2.45, 2.75) is 31.7 Å². The summed E-state index contributed by atoms with van der Waals surface area (Å²) < 4.78 is 18.8. The Kier molecular flexibility index (Phi) is 5.31. The highest BCUT2D eigenvalue weighted by atomic mass is 19.1. The summed E-state index contributed by atoms with van der Waals surface area (Å²) in [6.45, 7) is 1.44. The van der Waals surface area contributed by atoms with Gasteiger partial charge in [0.25, 0.3) is 0 Å². The molecule has 25 heavy (non-hydrogen) atoms. The van der Waals surface area contributed by atoms with E-state index in [1.807, 2.05) is 24.3 Å². The highest BCUT2D eigenvalue weighted by Crippen LogP contribution is 2.19. The number of carbonyl (C=O) groups is 1. The second kappa shape index (κ2) is 7.63. The molecule has 0 aliphatic carbocycles. The highest BCUT2D eigenvalue weighted by Gasteiger charge is 2.40. The monoisotopic (exact) mass is 344 g/mol. The molecule has 1 saturated heterocycles. The van der Waals surface area contributed by atoms with E-state index in [4.69, 9.17) is 4.74 Å². The lowest BCUT2D eigenvalue weighted by atomic mass is 10.1. The minimum absolute atomic E-state index is 0.282. The van der Waals surface area contributed by atoms with Crippen LogP contribution in [0.1, 0.15) is 24.0 Å². The maximum atomic E-state index is 13.1. The summed E-state index contributed by atoms with van der Waals surface area (Å²) >= 11 is 0. The van der Waals surface area contributed by atoms with E-state index >= 15 is 0 Å². The Hall–Kier alpha value is -2.44. The molecule has 1 fully saturated rings. The zero-order valence-corrected chi connectivity index (χ0v) is 13.8. The number of rotatable bonds is 7. The molecular weight excluding hydrogens is 323 g/mol. The van der Waals surface area contributed by atoms with Gasteiger partial charge in [0, 0.05) is 6.54 Å². The van der Waals surface area contributed by atoms with Crippen molar-refractivity contribution in [3.8, 4) is 5.75 Å². The average Bonchev–Trinajstić information content (AvgIpc) is 3.10. The maximum Gasteiger partial charge on any atom is 0.338 e. The number of halogens is 1. The molecule has 2 aromatic carbocycles. The minimum atomic E-state index is -1.04. The Morgan fingerprint density at radius 1 is 1.24 bits per heavy atom. The van der Waals surface area contributed by atoms with Crippen LogP contribution in [-0.2, 0) is 17.9 Å². The van der Waals surface area contributed by atoms with Gasteiger partial charge in [-0.2, -0.15) is 0 Å². The van der Waals surface area contributed by atoms with Crippen molar-refractivity contribution in [2.24, 2.45) is 0 Å². The Morgan fingerprint density at radius 3 is 2.68 bits per heavy atom. The number of benzene rings is 2. The van der Waals surface area contributed by atoms with Crippen LogP contribution in [-0.4, -0.2) is 23.3 Å². The van der Waals surface area contributed by atoms with Crippen LogP contribution in [0.4, 0.5) is 4.39 Å². The second-order valence-electron chi connectivity index (χ2n) is 6.16. The van der Waals surface area contributed by atoms with Gasteiger partial charge in [-0.25, -0.2) is 9.18 Å². The van der Waals surface area contributed by atoms with Gasteiger partial charge < -0.3 is 9.84 Å². The zero-order chi connectivity index (χ0) is 17.7. The lowest BCUT2D eigenvalue weighted by molar-refractivity contribution is -0.145. The standard InChI is InChI=1S/C19H21FN2O3/c20-16-4-1-3-15(11-16)13-25-17-7-5-14(6-8-17)12-22-19(18(23)24)9-2-10-21-19/h1,3-8,11,21-22H,2,9-10,12-13H2,(H,23,24)/t19-/m0/s1. The SMILES string of the molecule is O=C(O)[C@@]1(NCc2ccc(OCc3cccc(F)c3)cc2)CCCN1. The summed E-state index contributed by atoms with van der Waals surface area (Å²) in [5, 5.41) is 15.5. The first-order valence-electron chi connectivity index (χ1n) is 8.27. The molecule has 0 saturated carbocycles. The molecule has 0 radical (unpaired) electrons. The molecule has 6 heteroatoms. The predicted octanol–water partition coefficient (Wildman–Crippen LogP) is 2.66. The lowest BCUT2D eigenvalue weighted by Gasteiger charge is -2.26. The summed E-state index contributed by atoms with van der Waals surface area (Å²) in [5.41, 5.74) is 0.695. The van der Waals surface area contributed by atoms with E-state index in [0.29, 0.717) is 31.9 Å². The van der Waals surface area contributed by atoms with Gasteiger partial charge in [0.05, 0.1) is 0 Å².